The Morgan fingerprint density at radius 2 is 1.71 bits per heavy atom. The fourth-order valence-corrected chi connectivity index (χ4v) is 4.53. The minimum Gasteiger partial charge on any atom is -0.466 e. The molecule has 2 aliphatic rings. The van der Waals surface area contributed by atoms with Gasteiger partial charge in [0, 0.05) is 13.1 Å². The normalized spacial score (nSPS) is 26.7. The molecule has 0 amide bonds. The maximum atomic E-state index is 12.8. The number of rotatable bonds is 11. The van der Waals surface area contributed by atoms with Crippen molar-refractivity contribution < 1.29 is 33.6 Å². The third-order valence-corrected chi connectivity index (χ3v) is 6.19. The van der Waals surface area contributed by atoms with Gasteiger partial charge in [0.15, 0.2) is 12.1 Å². The van der Waals surface area contributed by atoms with Gasteiger partial charge in [-0.1, -0.05) is 60.7 Å². The van der Waals surface area contributed by atoms with Crippen LogP contribution in [0, 0.1) is 5.92 Å². The van der Waals surface area contributed by atoms with Gasteiger partial charge in [-0.05, 0) is 31.9 Å². The summed E-state index contributed by atoms with van der Waals surface area (Å²) in [5.74, 6) is -2.19. The van der Waals surface area contributed by atoms with Gasteiger partial charge < -0.3 is 34.1 Å². The number of benzene rings is 2. The Balaban J connectivity index is 1.48. The molecule has 0 aromatic heterocycles. The monoisotopic (exact) mass is 485 g/mol. The number of hydrogen-bond acceptors (Lipinski definition) is 8. The van der Waals surface area contributed by atoms with Crippen LogP contribution >= 0.6 is 0 Å². The van der Waals surface area contributed by atoms with Gasteiger partial charge in [0.05, 0.1) is 25.2 Å². The second kappa shape index (κ2) is 11.6. The quantitative estimate of drug-likeness (QED) is 0.469. The first-order chi connectivity index (χ1) is 16.9. The van der Waals surface area contributed by atoms with E-state index in [1.807, 2.05) is 74.5 Å². The molecule has 0 radical (unpaired) electrons. The molecular formula is C27H35NO7. The van der Waals surface area contributed by atoms with Gasteiger partial charge in [-0.15, -0.1) is 0 Å². The third kappa shape index (κ3) is 6.46. The molecule has 2 fully saturated rings. The van der Waals surface area contributed by atoms with Crippen LogP contribution < -0.4 is 5.32 Å². The SMILES string of the molecule is CCOC(=O)[C@H](CNCc1ccccc1)[C@H](O)[C@H]1O[C@@H]2OC(C)(C)O[C@@H]2[C@H]1OCc1ccccc1. The van der Waals surface area contributed by atoms with Gasteiger partial charge in [0.1, 0.15) is 18.3 Å². The second-order valence-corrected chi connectivity index (χ2v) is 9.30. The van der Waals surface area contributed by atoms with E-state index in [1.54, 1.807) is 6.92 Å². The molecule has 2 saturated heterocycles. The number of fused-ring (bicyclic) bond motifs is 1. The molecule has 2 aromatic carbocycles. The Kier molecular flexibility index (Phi) is 8.54. The van der Waals surface area contributed by atoms with Crippen molar-refractivity contribution in [3.05, 3.63) is 71.8 Å². The molecule has 2 aromatic rings. The Bertz CT molecular complexity index is 939. The first kappa shape index (κ1) is 25.8. The van der Waals surface area contributed by atoms with Crippen LogP contribution in [0.2, 0.25) is 0 Å². The van der Waals surface area contributed by atoms with E-state index in [-0.39, 0.29) is 13.2 Å². The molecule has 2 heterocycles. The molecule has 190 valence electrons. The maximum absolute atomic E-state index is 12.8. The summed E-state index contributed by atoms with van der Waals surface area (Å²) in [5, 5.41) is 14.7. The van der Waals surface area contributed by atoms with Crippen LogP contribution in [-0.2, 0) is 41.6 Å². The van der Waals surface area contributed by atoms with Crippen LogP contribution in [-0.4, -0.2) is 60.7 Å². The van der Waals surface area contributed by atoms with E-state index in [9.17, 15) is 9.90 Å². The number of nitrogens with one attached hydrogen (secondary N) is 1. The van der Waals surface area contributed by atoms with Crippen LogP contribution in [0.3, 0.4) is 0 Å². The number of aliphatic hydroxyl groups is 1. The van der Waals surface area contributed by atoms with Crippen LogP contribution in [0.25, 0.3) is 0 Å². The number of aliphatic hydroxyl groups excluding tert-OH is 1. The first-order valence-corrected chi connectivity index (χ1v) is 12.1. The number of carbonyl (C=O) groups excluding carboxylic acids is 1. The fraction of sp³-hybridized carbons (Fsp3) is 0.519. The van der Waals surface area contributed by atoms with Gasteiger partial charge in [-0.25, -0.2) is 0 Å². The van der Waals surface area contributed by atoms with E-state index in [1.165, 1.54) is 0 Å². The van der Waals surface area contributed by atoms with Crippen LogP contribution in [0.4, 0.5) is 0 Å². The zero-order valence-electron chi connectivity index (χ0n) is 20.5. The lowest BCUT2D eigenvalue weighted by atomic mass is 9.93. The summed E-state index contributed by atoms with van der Waals surface area (Å²) in [7, 11) is 0. The topological polar surface area (TPSA) is 95.5 Å². The van der Waals surface area contributed by atoms with Crippen molar-refractivity contribution in [2.45, 2.75) is 70.4 Å². The van der Waals surface area contributed by atoms with Gasteiger partial charge in [-0.3, -0.25) is 4.79 Å². The number of esters is 1. The average Bonchev–Trinajstić information content (AvgIpc) is 3.33. The highest BCUT2D eigenvalue weighted by atomic mass is 16.8. The predicted molar refractivity (Wildman–Crippen MR) is 128 cm³/mol. The Labute approximate surface area is 206 Å². The predicted octanol–water partition coefficient (Wildman–Crippen LogP) is 2.78. The number of ether oxygens (including phenoxy) is 5. The van der Waals surface area contributed by atoms with Gasteiger partial charge in [0.25, 0.3) is 0 Å². The van der Waals surface area contributed by atoms with E-state index in [2.05, 4.69) is 5.32 Å². The molecule has 0 aliphatic carbocycles. The van der Waals surface area contributed by atoms with E-state index in [4.69, 9.17) is 23.7 Å². The summed E-state index contributed by atoms with van der Waals surface area (Å²) < 4.78 is 29.6. The number of hydrogen-bond donors (Lipinski definition) is 2. The van der Waals surface area contributed by atoms with Crippen LogP contribution in [0.1, 0.15) is 31.9 Å². The zero-order valence-corrected chi connectivity index (χ0v) is 20.5. The van der Waals surface area contributed by atoms with E-state index < -0.39 is 48.4 Å². The molecule has 6 atom stereocenters. The summed E-state index contributed by atoms with van der Waals surface area (Å²) in [6.07, 6.45) is -3.90. The standard InChI is InChI=1S/C27H35NO7/c1-4-31-25(30)20(16-28-15-18-11-7-5-8-12-18)21(29)22-23(32-17-19-13-9-6-10-14-19)24-26(33-22)35-27(2,3)34-24/h5-14,20-24,26,28-29H,4,15-17H2,1-3H3/t20-,21+,22-,23+,24-,26-/m1/s1. The van der Waals surface area contributed by atoms with E-state index in [0.29, 0.717) is 13.2 Å². The molecule has 8 heteroatoms. The molecule has 0 spiro atoms. The lowest BCUT2D eigenvalue weighted by Gasteiger charge is -2.31. The van der Waals surface area contributed by atoms with Crippen molar-refractivity contribution in [3.8, 4) is 0 Å². The fourth-order valence-electron chi connectivity index (χ4n) is 4.53. The molecule has 0 bridgehead atoms. The Hall–Kier alpha value is -2.33. The van der Waals surface area contributed by atoms with Crippen molar-refractivity contribution in [1.82, 2.24) is 5.32 Å². The lowest BCUT2D eigenvalue weighted by molar-refractivity contribution is -0.234. The highest BCUT2D eigenvalue weighted by Gasteiger charge is 2.58. The number of carbonyl (C=O) groups is 1. The highest BCUT2D eigenvalue weighted by Crippen LogP contribution is 2.41. The Morgan fingerprint density at radius 3 is 2.37 bits per heavy atom. The zero-order chi connectivity index (χ0) is 24.8. The van der Waals surface area contributed by atoms with Crippen LogP contribution in [0.5, 0.6) is 0 Å². The smallest absolute Gasteiger partial charge is 0.312 e. The molecule has 0 saturated carbocycles. The molecule has 35 heavy (non-hydrogen) atoms. The average molecular weight is 486 g/mol. The van der Waals surface area contributed by atoms with Gasteiger partial charge >= 0.3 is 5.97 Å². The van der Waals surface area contributed by atoms with Crippen LogP contribution in [0.15, 0.2) is 60.7 Å². The second-order valence-electron chi connectivity index (χ2n) is 9.30. The van der Waals surface area contributed by atoms with Crippen molar-refractivity contribution in [1.29, 1.82) is 0 Å². The van der Waals surface area contributed by atoms with E-state index in [0.717, 1.165) is 11.1 Å². The van der Waals surface area contributed by atoms with Gasteiger partial charge in [-0.2, -0.15) is 0 Å². The molecule has 2 N–H and O–H groups in total. The van der Waals surface area contributed by atoms with Crippen molar-refractivity contribution in [2.24, 2.45) is 5.92 Å². The molecule has 2 aliphatic heterocycles. The molecule has 8 nitrogen and oxygen atoms in total. The summed E-state index contributed by atoms with van der Waals surface area (Å²) >= 11 is 0. The van der Waals surface area contributed by atoms with Gasteiger partial charge in [0.2, 0.25) is 0 Å². The Morgan fingerprint density at radius 1 is 1.06 bits per heavy atom. The summed E-state index contributed by atoms with van der Waals surface area (Å²) in [6, 6.07) is 19.6. The largest absolute Gasteiger partial charge is 0.466 e. The van der Waals surface area contributed by atoms with Crippen molar-refractivity contribution >= 4 is 5.97 Å². The summed E-state index contributed by atoms with van der Waals surface area (Å²) in [4.78, 5) is 12.8. The third-order valence-electron chi connectivity index (χ3n) is 6.19. The lowest BCUT2D eigenvalue weighted by Crippen LogP contribution is -2.50. The first-order valence-electron chi connectivity index (χ1n) is 12.1. The minimum absolute atomic E-state index is 0.211. The molecular weight excluding hydrogens is 450 g/mol. The van der Waals surface area contributed by atoms with Crippen molar-refractivity contribution in [2.75, 3.05) is 13.2 Å². The summed E-state index contributed by atoms with van der Waals surface area (Å²) in [5.41, 5.74) is 2.05. The molecule has 4 rings (SSSR count). The van der Waals surface area contributed by atoms with E-state index >= 15 is 0 Å². The summed E-state index contributed by atoms with van der Waals surface area (Å²) in [6.45, 7) is 6.64. The molecule has 0 unspecified atom stereocenters. The van der Waals surface area contributed by atoms with Crippen molar-refractivity contribution in [3.63, 3.8) is 0 Å². The minimum atomic E-state index is -1.20. The maximum Gasteiger partial charge on any atom is 0.312 e. The highest BCUT2D eigenvalue weighted by molar-refractivity contribution is 5.73.